The van der Waals surface area contributed by atoms with E-state index in [4.69, 9.17) is 4.74 Å². The van der Waals surface area contributed by atoms with Gasteiger partial charge in [0.25, 0.3) is 0 Å². The molecule has 3 heteroatoms. The van der Waals surface area contributed by atoms with E-state index in [1.807, 2.05) is 24.3 Å². The van der Waals surface area contributed by atoms with E-state index >= 15 is 0 Å². The highest BCUT2D eigenvalue weighted by atomic mass is 16.5. The van der Waals surface area contributed by atoms with E-state index in [0.717, 1.165) is 24.4 Å². The van der Waals surface area contributed by atoms with Gasteiger partial charge in [-0.3, -0.25) is 4.90 Å². The molecule has 1 heterocycles. The highest BCUT2D eigenvalue weighted by Gasteiger charge is 2.22. The summed E-state index contributed by atoms with van der Waals surface area (Å²) in [6, 6.07) is 8.26. The number of ether oxygens (including phenoxy) is 1. The van der Waals surface area contributed by atoms with E-state index in [1.54, 1.807) is 7.11 Å². The van der Waals surface area contributed by atoms with Crippen LogP contribution in [-0.4, -0.2) is 36.2 Å². The summed E-state index contributed by atoms with van der Waals surface area (Å²) in [7, 11) is 1.65. The molecule has 1 aliphatic heterocycles. The molecule has 2 unspecified atom stereocenters. The van der Waals surface area contributed by atoms with Crippen molar-refractivity contribution in [3.63, 3.8) is 0 Å². The van der Waals surface area contributed by atoms with Gasteiger partial charge in [0.2, 0.25) is 0 Å². The fraction of sp³-hybridized carbons (Fsp3) is 0.571. The molecule has 1 aromatic rings. The summed E-state index contributed by atoms with van der Waals surface area (Å²) in [6.07, 6.45) is 2.09. The summed E-state index contributed by atoms with van der Waals surface area (Å²) in [6.45, 7) is 4.07. The van der Waals surface area contributed by atoms with Crippen molar-refractivity contribution in [3.05, 3.63) is 29.8 Å². The lowest BCUT2D eigenvalue weighted by Gasteiger charge is -2.24. The number of hydrogen-bond acceptors (Lipinski definition) is 3. The quantitative estimate of drug-likeness (QED) is 0.868. The Labute approximate surface area is 103 Å². The van der Waals surface area contributed by atoms with E-state index < -0.39 is 6.10 Å². The van der Waals surface area contributed by atoms with E-state index in [9.17, 15) is 5.11 Å². The number of methoxy groups -OCH3 is 1. The van der Waals surface area contributed by atoms with E-state index in [0.29, 0.717) is 6.04 Å². The van der Waals surface area contributed by atoms with Gasteiger partial charge in [-0.1, -0.05) is 12.1 Å². The van der Waals surface area contributed by atoms with Crippen LogP contribution in [-0.2, 0) is 0 Å². The smallest absolute Gasteiger partial charge is 0.118 e. The molecule has 0 radical (unpaired) electrons. The third-order valence-corrected chi connectivity index (χ3v) is 3.60. The monoisotopic (exact) mass is 235 g/mol. The first-order valence-corrected chi connectivity index (χ1v) is 6.27. The molecule has 2 rings (SSSR count). The minimum atomic E-state index is -0.401. The third kappa shape index (κ3) is 2.99. The Bertz CT molecular complexity index is 350. The molecular formula is C14H21NO2. The Morgan fingerprint density at radius 2 is 2.12 bits per heavy atom. The second-order valence-electron chi connectivity index (χ2n) is 4.78. The maximum absolute atomic E-state index is 10.2. The van der Waals surface area contributed by atoms with Crippen molar-refractivity contribution in [2.24, 2.45) is 0 Å². The number of nitrogens with zero attached hydrogens (tertiary/aromatic N) is 1. The molecular weight excluding hydrogens is 214 g/mol. The van der Waals surface area contributed by atoms with Gasteiger partial charge in [0.1, 0.15) is 5.75 Å². The van der Waals surface area contributed by atoms with Gasteiger partial charge in [-0.2, -0.15) is 0 Å². The average Bonchev–Trinajstić information content (AvgIpc) is 2.75. The van der Waals surface area contributed by atoms with Crippen LogP contribution in [0.15, 0.2) is 24.3 Å². The first-order chi connectivity index (χ1) is 8.20. The fourth-order valence-electron chi connectivity index (χ4n) is 2.42. The Hall–Kier alpha value is -1.06. The number of benzene rings is 1. The Morgan fingerprint density at radius 1 is 1.41 bits per heavy atom. The molecule has 0 bridgehead atoms. The Morgan fingerprint density at radius 3 is 2.65 bits per heavy atom. The largest absolute Gasteiger partial charge is 0.497 e. The maximum Gasteiger partial charge on any atom is 0.118 e. The highest BCUT2D eigenvalue weighted by Crippen LogP contribution is 2.22. The lowest BCUT2D eigenvalue weighted by atomic mass is 10.1. The standard InChI is InChI=1S/C14H21NO2/c1-11-4-3-9-15(11)10-14(16)12-5-7-13(17-2)8-6-12/h5-8,11,14,16H,3-4,9-10H2,1-2H3. The molecule has 0 amide bonds. The van der Waals surface area contributed by atoms with Gasteiger partial charge in [0.05, 0.1) is 13.2 Å². The van der Waals surface area contributed by atoms with Crippen LogP contribution in [0.4, 0.5) is 0 Å². The minimum absolute atomic E-state index is 0.401. The summed E-state index contributed by atoms with van der Waals surface area (Å²) >= 11 is 0. The molecule has 17 heavy (non-hydrogen) atoms. The summed E-state index contributed by atoms with van der Waals surface area (Å²) in [4.78, 5) is 2.36. The Balaban J connectivity index is 1.96. The normalized spacial score (nSPS) is 22.6. The minimum Gasteiger partial charge on any atom is -0.497 e. The van der Waals surface area contributed by atoms with Gasteiger partial charge in [-0.15, -0.1) is 0 Å². The number of aliphatic hydroxyl groups is 1. The van der Waals surface area contributed by atoms with Crippen LogP contribution in [0.25, 0.3) is 0 Å². The van der Waals surface area contributed by atoms with Crippen molar-refractivity contribution >= 4 is 0 Å². The number of aliphatic hydroxyl groups excluding tert-OH is 1. The van der Waals surface area contributed by atoms with Gasteiger partial charge in [0, 0.05) is 12.6 Å². The van der Waals surface area contributed by atoms with Crippen LogP contribution < -0.4 is 4.74 Å². The van der Waals surface area contributed by atoms with Crippen molar-refractivity contribution in [1.29, 1.82) is 0 Å². The van der Waals surface area contributed by atoms with Crippen LogP contribution >= 0.6 is 0 Å². The van der Waals surface area contributed by atoms with Crippen molar-refractivity contribution in [2.45, 2.75) is 31.9 Å². The van der Waals surface area contributed by atoms with Crippen LogP contribution in [0.1, 0.15) is 31.4 Å². The van der Waals surface area contributed by atoms with Gasteiger partial charge in [-0.25, -0.2) is 0 Å². The molecule has 3 nitrogen and oxygen atoms in total. The van der Waals surface area contributed by atoms with Crippen molar-refractivity contribution < 1.29 is 9.84 Å². The summed E-state index contributed by atoms with van der Waals surface area (Å²) < 4.78 is 5.11. The fourth-order valence-corrected chi connectivity index (χ4v) is 2.42. The molecule has 1 fully saturated rings. The van der Waals surface area contributed by atoms with E-state index in [-0.39, 0.29) is 0 Å². The summed E-state index contributed by atoms with van der Waals surface area (Å²) in [5, 5.41) is 10.2. The number of rotatable bonds is 4. The zero-order chi connectivity index (χ0) is 12.3. The van der Waals surface area contributed by atoms with Crippen molar-refractivity contribution in [3.8, 4) is 5.75 Å². The molecule has 1 saturated heterocycles. The predicted molar refractivity (Wildman–Crippen MR) is 68.2 cm³/mol. The van der Waals surface area contributed by atoms with Gasteiger partial charge < -0.3 is 9.84 Å². The second-order valence-corrected chi connectivity index (χ2v) is 4.78. The molecule has 0 spiro atoms. The first-order valence-electron chi connectivity index (χ1n) is 6.27. The van der Waals surface area contributed by atoms with Crippen molar-refractivity contribution in [1.82, 2.24) is 4.90 Å². The average molecular weight is 235 g/mol. The van der Waals surface area contributed by atoms with Crippen LogP contribution in [0, 0.1) is 0 Å². The van der Waals surface area contributed by atoms with Crippen LogP contribution in [0.5, 0.6) is 5.75 Å². The van der Waals surface area contributed by atoms with Gasteiger partial charge in [0.15, 0.2) is 0 Å². The van der Waals surface area contributed by atoms with Crippen LogP contribution in [0.3, 0.4) is 0 Å². The summed E-state index contributed by atoms with van der Waals surface area (Å²) in [5.74, 6) is 0.829. The molecule has 0 aromatic heterocycles. The maximum atomic E-state index is 10.2. The summed E-state index contributed by atoms with van der Waals surface area (Å²) in [5.41, 5.74) is 0.963. The zero-order valence-corrected chi connectivity index (χ0v) is 10.6. The van der Waals surface area contributed by atoms with Crippen LogP contribution in [0.2, 0.25) is 0 Å². The molecule has 0 saturated carbocycles. The zero-order valence-electron chi connectivity index (χ0n) is 10.6. The lowest BCUT2D eigenvalue weighted by molar-refractivity contribution is 0.110. The van der Waals surface area contributed by atoms with Crippen molar-refractivity contribution in [2.75, 3.05) is 20.2 Å². The predicted octanol–water partition coefficient (Wildman–Crippen LogP) is 2.21. The van der Waals surface area contributed by atoms with E-state index in [2.05, 4.69) is 11.8 Å². The highest BCUT2D eigenvalue weighted by molar-refractivity contribution is 5.28. The molecule has 0 aliphatic carbocycles. The first kappa shape index (κ1) is 12.4. The topological polar surface area (TPSA) is 32.7 Å². The molecule has 94 valence electrons. The number of hydrogen-bond donors (Lipinski definition) is 1. The second kappa shape index (κ2) is 5.52. The molecule has 1 aromatic carbocycles. The SMILES string of the molecule is COc1ccc(C(O)CN2CCCC2C)cc1. The van der Waals surface area contributed by atoms with Gasteiger partial charge in [-0.05, 0) is 44.0 Å². The molecule has 2 atom stereocenters. The lowest BCUT2D eigenvalue weighted by Crippen LogP contribution is -2.31. The van der Waals surface area contributed by atoms with Gasteiger partial charge >= 0.3 is 0 Å². The third-order valence-electron chi connectivity index (χ3n) is 3.60. The number of β-amino-alcohol motifs (C(OH)–C–C–N with tert-alkyl or cyclic N) is 1. The molecule has 1 aliphatic rings. The van der Waals surface area contributed by atoms with E-state index in [1.165, 1.54) is 12.8 Å². The number of likely N-dealkylation sites (tertiary alicyclic amines) is 1. The Kier molecular flexibility index (Phi) is 4.02. The molecule has 1 N–H and O–H groups in total.